The number of aromatic amines is 1. The molecule has 0 saturated carbocycles. The number of anilines is 1. The zero-order valence-corrected chi connectivity index (χ0v) is 14.2. The summed E-state index contributed by atoms with van der Waals surface area (Å²) in [5.74, 6) is 0.248. The molecule has 4 heterocycles. The molecule has 0 unspecified atom stereocenters. The van der Waals surface area contributed by atoms with E-state index in [1.165, 1.54) is 6.39 Å². The van der Waals surface area contributed by atoms with E-state index < -0.39 is 0 Å². The van der Waals surface area contributed by atoms with Crippen LogP contribution in [0.25, 0.3) is 33.4 Å². The van der Waals surface area contributed by atoms with Crippen molar-refractivity contribution >= 4 is 33.5 Å². The predicted molar refractivity (Wildman–Crippen MR) is 98.1 cm³/mol. The highest BCUT2D eigenvalue weighted by molar-refractivity contribution is 6.05. The van der Waals surface area contributed by atoms with Crippen molar-refractivity contribution in [3.05, 3.63) is 54.8 Å². The molecule has 0 bridgehead atoms. The fourth-order valence-corrected chi connectivity index (χ4v) is 2.96. The van der Waals surface area contributed by atoms with E-state index in [9.17, 15) is 4.79 Å². The lowest BCUT2D eigenvalue weighted by molar-refractivity contribution is 0.102. The van der Waals surface area contributed by atoms with Crippen LogP contribution < -0.4 is 5.32 Å². The van der Waals surface area contributed by atoms with E-state index in [4.69, 9.17) is 4.42 Å². The van der Waals surface area contributed by atoms with Crippen molar-refractivity contribution in [3.8, 4) is 11.5 Å². The van der Waals surface area contributed by atoms with Crippen molar-refractivity contribution in [2.24, 2.45) is 7.05 Å². The second-order valence-corrected chi connectivity index (χ2v) is 6.06. The number of rotatable bonds is 3. The first-order valence-corrected chi connectivity index (χ1v) is 8.16. The summed E-state index contributed by atoms with van der Waals surface area (Å²) in [4.78, 5) is 20.9. The third-order valence-electron chi connectivity index (χ3n) is 4.20. The van der Waals surface area contributed by atoms with Crippen LogP contribution in [-0.4, -0.2) is 35.9 Å². The molecule has 0 aliphatic heterocycles. The maximum atomic E-state index is 12.6. The number of fused-ring (bicyclic) bond motifs is 2. The zero-order valence-electron chi connectivity index (χ0n) is 14.2. The van der Waals surface area contributed by atoms with Gasteiger partial charge >= 0.3 is 0 Å². The van der Waals surface area contributed by atoms with Crippen LogP contribution >= 0.6 is 0 Å². The molecule has 4 aromatic heterocycles. The van der Waals surface area contributed by atoms with Gasteiger partial charge in [0.2, 0.25) is 0 Å². The summed E-state index contributed by atoms with van der Waals surface area (Å²) < 4.78 is 6.98. The molecular weight excluding hydrogens is 346 g/mol. The maximum Gasteiger partial charge on any atom is 0.274 e. The summed E-state index contributed by atoms with van der Waals surface area (Å²) in [6.07, 6.45) is 4.71. The highest BCUT2D eigenvalue weighted by Crippen LogP contribution is 2.28. The summed E-state index contributed by atoms with van der Waals surface area (Å²) in [5.41, 5.74) is 3.82. The van der Waals surface area contributed by atoms with Gasteiger partial charge in [0.25, 0.3) is 5.91 Å². The maximum absolute atomic E-state index is 12.6. The van der Waals surface area contributed by atoms with Crippen LogP contribution in [0.2, 0.25) is 0 Å². The number of amides is 1. The van der Waals surface area contributed by atoms with Gasteiger partial charge in [-0.25, -0.2) is 9.97 Å². The van der Waals surface area contributed by atoms with Crippen LogP contribution in [0, 0.1) is 0 Å². The van der Waals surface area contributed by atoms with Gasteiger partial charge in [-0.2, -0.15) is 10.2 Å². The zero-order chi connectivity index (χ0) is 18.4. The lowest BCUT2D eigenvalue weighted by Gasteiger charge is -2.05. The predicted octanol–water partition coefficient (Wildman–Crippen LogP) is 2.75. The normalized spacial score (nSPS) is 11.3. The average Bonchev–Trinajstić information content (AvgIpc) is 3.38. The quantitative estimate of drug-likeness (QED) is 0.512. The number of aromatic nitrogens is 6. The molecule has 2 N–H and O–H groups in total. The molecule has 27 heavy (non-hydrogen) atoms. The number of H-pyrrole nitrogens is 1. The van der Waals surface area contributed by atoms with Crippen LogP contribution in [-0.2, 0) is 7.05 Å². The molecule has 0 aliphatic carbocycles. The smallest absolute Gasteiger partial charge is 0.274 e. The Labute approximate surface area is 152 Å². The fourth-order valence-electron chi connectivity index (χ4n) is 2.96. The number of pyridine rings is 1. The van der Waals surface area contributed by atoms with Crippen molar-refractivity contribution in [2.75, 3.05) is 5.32 Å². The summed E-state index contributed by atoms with van der Waals surface area (Å²) >= 11 is 0. The number of hydrogen-bond donors (Lipinski definition) is 2. The number of oxazole rings is 1. The van der Waals surface area contributed by atoms with Crippen molar-refractivity contribution in [1.29, 1.82) is 0 Å². The van der Waals surface area contributed by atoms with Gasteiger partial charge in [-0.3, -0.25) is 14.6 Å². The first-order valence-electron chi connectivity index (χ1n) is 8.16. The van der Waals surface area contributed by atoms with Crippen LogP contribution in [0.4, 0.5) is 5.69 Å². The average molecular weight is 359 g/mol. The standard InChI is InChI=1S/C18H13N7O2/c1-25-8-15-13(24-25)4-5-14(21-15)18(26)20-10-2-3-12-11(6-10)17(23-22-12)16-7-19-9-27-16/h2-9H,1H3,(H,20,26)(H,22,23). The number of aryl methyl sites for hydroxylation is 1. The van der Waals surface area contributed by atoms with Gasteiger partial charge in [-0.15, -0.1) is 0 Å². The summed E-state index contributed by atoms with van der Waals surface area (Å²) in [7, 11) is 1.81. The number of nitrogens with zero attached hydrogens (tertiary/aromatic N) is 5. The Kier molecular flexibility index (Phi) is 3.26. The van der Waals surface area contributed by atoms with Gasteiger partial charge < -0.3 is 9.73 Å². The number of hydrogen-bond acceptors (Lipinski definition) is 6. The van der Waals surface area contributed by atoms with Crippen LogP contribution in [0.5, 0.6) is 0 Å². The molecule has 0 saturated heterocycles. The minimum absolute atomic E-state index is 0.301. The molecule has 0 aliphatic rings. The molecule has 9 nitrogen and oxygen atoms in total. The van der Waals surface area contributed by atoms with E-state index in [0.717, 1.165) is 16.4 Å². The summed E-state index contributed by atoms with van der Waals surface area (Å²) in [6, 6.07) is 8.90. The molecule has 132 valence electrons. The molecule has 5 aromatic rings. The Hall–Kier alpha value is -4.01. The van der Waals surface area contributed by atoms with Gasteiger partial charge in [0.1, 0.15) is 22.4 Å². The molecule has 9 heteroatoms. The minimum atomic E-state index is -0.301. The highest BCUT2D eigenvalue weighted by atomic mass is 16.3. The van der Waals surface area contributed by atoms with E-state index in [-0.39, 0.29) is 5.91 Å². The SMILES string of the molecule is Cn1cc2nc(C(=O)Nc3ccc4[nH]nc(-c5cnco5)c4c3)ccc2n1. The highest BCUT2D eigenvalue weighted by Gasteiger charge is 2.14. The second-order valence-electron chi connectivity index (χ2n) is 6.06. The Bertz CT molecular complexity index is 1280. The fraction of sp³-hybridized carbons (Fsp3) is 0.0556. The Morgan fingerprint density at radius 1 is 1.22 bits per heavy atom. The number of benzene rings is 1. The van der Waals surface area contributed by atoms with Crippen LogP contribution in [0.1, 0.15) is 10.5 Å². The van der Waals surface area contributed by atoms with E-state index in [1.807, 2.05) is 19.2 Å². The van der Waals surface area contributed by atoms with Gasteiger partial charge in [0.15, 0.2) is 12.2 Å². The lowest BCUT2D eigenvalue weighted by Crippen LogP contribution is -2.13. The van der Waals surface area contributed by atoms with Crippen LogP contribution in [0.3, 0.4) is 0 Å². The summed E-state index contributed by atoms with van der Waals surface area (Å²) in [6.45, 7) is 0. The Morgan fingerprint density at radius 2 is 2.15 bits per heavy atom. The molecule has 1 amide bonds. The first-order chi connectivity index (χ1) is 13.2. The van der Waals surface area contributed by atoms with Crippen molar-refractivity contribution in [3.63, 3.8) is 0 Å². The van der Waals surface area contributed by atoms with Gasteiger partial charge in [-0.1, -0.05) is 0 Å². The van der Waals surface area contributed by atoms with E-state index in [0.29, 0.717) is 28.4 Å². The van der Waals surface area contributed by atoms with Gasteiger partial charge in [0.05, 0.1) is 17.9 Å². The van der Waals surface area contributed by atoms with E-state index >= 15 is 0 Å². The second kappa shape index (κ2) is 5.77. The van der Waals surface area contributed by atoms with E-state index in [1.54, 1.807) is 35.3 Å². The topological polar surface area (TPSA) is 115 Å². The largest absolute Gasteiger partial charge is 0.442 e. The van der Waals surface area contributed by atoms with Crippen molar-refractivity contribution in [1.82, 2.24) is 29.9 Å². The first kappa shape index (κ1) is 15.3. The molecule has 1 aromatic carbocycles. The van der Waals surface area contributed by atoms with Gasteiger partial charge in [0, 0.05) is 18.1 Å². The number of nitrogens with one attached hydrogen (secondary N) is 2. The van der Waals surface area contributed by atoms with E-state index in [2.05, 4.69) is 30.6 Å². The lowest BCUT2D eigenvalue weighted by atomic mass is 10.1. The molecule has 0 fully saturated rings. The molecule has 0 atom stereocenters. The number of carbonyl (C=O) groups is 1. The third-order valence-corrected chi connectivity index (χ3v) is 4.20. The third kappa shape index (κ3) is 2.61. The van der Waals surface area contributed by atoms with Gasteiger partial charge in [-0.05, 0) is 30.3 Å². The van der Waals surface area contributed by atoms with Crippen LogP contribution in [0.15, 0.2) is 53.5 Å². The molecule has 5 rings (SSSR count). The molecule has 0 spiro atoms. The van der Waals surface area contributed by atoms with Crippen molar-refractivity contribution < 1.29 is 9.21 Å². The minimum Gasteiger partial charge on any atom is -0.442 e. The summed E-state index contributed by atoms with van der Waals surface area (Å²) in [5, 5.41) is 15.1. The van der Waals surface area contributed by atoms with Crippen molar-refractivity contribution in [2.45, 2.75) is 0 Å². The Morgan fingerprint density at radius 3 is 3.00 bits per heavy atom. The molecule has 0 radical (unpaired) electrons. The molecular formula is C18H13N7O2. The Balaban J connectivity index is 1.47. The number of carbonyl (C=O) groups excluding carboxylic acids is 1. The monoisotopic (exact) mass is 359 g/mol.